The standard InChI is InChI=1S/C15H35O9P3/c1-9-18-26(16,19-10-2)14(7)23-25(22-13(5)6)24-15(8)27(17,20-11-3)21-12-4/h13-15H,9-12H2,1-8H3. The molecule has 2 atom stereocenters. The molecule has 0 N–H and O–H groups in total. The van der Waals surface area contributed by atoms with Crippen LogP contribution in [-0.4, -0.2) is 44.2 Å². The first-order valence-corrected chi connectivity index (χ1v) is 13.5. The van der Waals surface area contributed by atoms with Gasteiger partial charge in [-0.25, -0.2) is 0 Å². The zero-order chi connectivity index (χ0) is 21.1. The van der Waals surface area contributed by atoms with E-state index in [0.29, 0.717) is 0 Å². The summed E-state index contributed by atoms with van der Waals surface area (Å²) < 4.78 is 64.0. The molecule has 12 heteroatoms. The van der Waals surface area contributed by atoms with E-state index in [1.807, 2.05) is 0 Å². The third kappa shape index (κ3) is 9.77. The lowest BCUT2D eigenvalue weighted by molar-refractivity contribution is 0.0918. The van der Waals surface area contributed by atoms with Crippen molar-refractivity contribution in [1.29, 1.82) is 0 Å². The molecule has 164 valence electrons. The van der Waals surface area contributed by atoms with Crippen molar-refractivity contribution in [3.63, 3.8) is 0 Å². The summed E-state index contributed by atoms with van der Waals surface area (Å²) in [6.45, 7) is 14.4. The largest absolute Gasteiger partial charge is 0.359 e. The maximum Gasteiger partial charge on any atom is 0.359 e. The lowest BCUT2D eigenvalue weighted by atomic mass is 10.5. The summed E-state index contributed by atoms with van der Waals surface area (Å²) in [5.41, 5.74) is 0. The topological polar surface area (TPSA) is 98.8 Å². The maximum absolute atomic E-state index is 12.8. The second kappa shape index (κ2) is 13.8. The Hall–Kier alpha value is 0.610. The van der Waals surface area contributed by atoms with Crippen LogP contribution < -0.4 is 0 Å². The third-order valence-corrected chi connectivity index (χ3v) is 9.27. The Morgan fingerprint density at radius 2 is 0.926 bits per heavy atom. The highest BCUT2D eigenvalue weighted by molar-refractivity contribution is 7.56. The molecule has 0 saturated carbocycles. The molecule has 0 aliphatic heterocycles. The number of rotatable bonds is 16. The van der Waals surface area contributed by atoms with Gasteiger partial charge in [0, 0.05) is 0 Å². The average molecular weight is 452 g/mol. The highest BCUT2D eigenvalue weighted by atomic mass is 31.2. The monoisotopic (exact) mass is 452 g/mol. The van der Waals surface area contributed by atoms with Crippen LogP contribution in [0.5, 0.6) is 0 Å². The third-order valence-electron chi connectivity index (χ3n) is 2.90. The molecule has 0 aromatic carbocycles. The minimum Gasteiger partial charge on any atom is -0.309 e. The van der Waals surface area contributed by atoms with Gasteiger partial charge in [-0.15, -0.1) is 0 Å². The molecule has 0 aromatic rings. The predicted molar refractivity (Wildman–Crippen MR) is 106 cm³/mol. The van der Waals surface area contributed by atoms with Gasteiger partial charge in [0.05, 0.1) is 32.5 Å². The van der Waals surface area contributed by atoms with Crippen LogP contribution in [0, 0.1) is 0 Å². The molecule has 0 radical (unpaired) electrons. The Morgan fingerprint density at radius 1 is 0.630 bits per heavy atom. The molecule has 0 aromatic heterocycles. The summed E-state index contributed by atoms with van der Waals surface area (Å²) >= 11 is 0. The van der Waals surface area contributed by atoms with Gasteiger partial charge in [-0.05, 0) is 55.4 Å². The van der Waals surface area contributed by atoms with Gasteiger partial charge in [0.15, 0.2) is 11.7 Å². The smallest absolute Gasteiger partial charge is 0.309 e. The van der Waals surface area contributed by atoms with E-state index in [9.17, 15) is 9.13 Å². The minimum absolute atomic E-state index is 0.203. The van der Waals surface area contributed by atoms with Crippen LogP contribution in [0.15, 0.2) is 0 Å². The molecular weight excluding hydrogens is 417 g/mol. The van der Waals surface area contributed by atoms with Crippen molar-refractivity contribution < 1.29 is 40.8 Å². The van der Waals surface area contributed by atoms with Crippen molar-refractivity contribution in [2.24, 2.45) is 0 Å². The molecule has 27 heavy (non-hydrogen) atoms. The zero-order valence-electron chi connectivity index (χ0n) is 17.6. The summed E-state index contributed by atoms with van der Waals surface area (Å²) in [7, 11) is -9.04. The first-order valence-electron chi connectivity index (χ1n) is 9.16. The molecule has 0 amide bonds. The first kappa shape index (κ1) is 27.6. The fourth-order valence-corrected chi connectivity index (χ4v) is 6.63. The highest BCUT2D eigenvalue weighted by Crippen LogP contribution is 2.62. The van der Waals surface area contributed by atoms with Gasteiger partial charge in [0.2, 0.25) is 0 Å². The molecule has 0 heterocycles. The average Bonchev–Trinajstić information content (AvgIpc) is 2.54. The van der Waals surface area contributed by atoms with Crippen molar-refractivity contribution in [2.45, 2.75) is 73.2 Å². The molecule has 0 saturated heterocycles. The van der Waals surface area contributed by atoms with Crippen molar-refractivity contribution in [3.05, 3.63) is 0 Å². The van der Waals surface area contributed by atoms with Gasteiger partial charge in [-0.1, -0.05) is 0 Å². The van der Waals surface area contributed by atoms with E-state index in [1.54, 1.807) is 55.4 Å². The Morgan fingerprint density at radius 3 is 1.15 bits per heavy atom. The molecule has 0 aliphatic rings. The fourth-order valence-electron chi connectivity index (χ4n) is 1.83. The van der Waals surface area contributed by atoms with Gasteiger partial charge in [0.25, 0.3) is 0 Å². The van der Waals surface area contributed by atoms with Gasteiger partial charge < -0.3 is 22.6 Å². The SMILES string of the molecule is CCOP(=O)(OCC)C(C)OP(OC(C)C)OC(C)P(=O)(OCC)OCC. The normalized spacial score (nSPS) is 16.5. The summed E-state index contributed by atoms with van der Waals surface area (Å²) in [6.07, 6.45) is -0.243. The van der Waals surface area contributed by atoms with Crippen molar-refractivity contribution in [3.8, 4) is 0 Å². The molecule has 0 fully saturated rings. The first-order chi connectivity index (χ1) is 12.6. The number of hydrogen-bond donors (Lipinski definition) is 0. The molecular formula is C15H35O9P3. The lowest BCUT2D eigenvalue weighted by Gasteiger charge is -2.30. The Balaban J connectivity index is 5.31. The van der Waals surface area contributed by atoms with E-state index < -0.39 is 35.5 Å². The van der Waals surface area contributed by atoms with Crippen LogP contribution in [0.2, 0.25) is 0 Å². The lowest BCUT2D eigenvalue weighted by Crippen LogP contribution is -2.17. The van der Waals surface area contributed by atoms with Crippen molar-refractivity contribution >= 4 is 23.8 Å². The van der Waals surface area contributed by atoms with Gasteiger partial charge in [-0.3, -0.25) is 18.2 Å². The van der Waals surface area contributed by atoms with E-state index in [-0.39, 0.29) is 32.5 Å². The highest BCUT2D eigenvalue weighted by Gasteiger charge is 2.40. The van der Waals surface area contributed by atoms with Crippen LogP contribution in [0.25, 0.3) is 0 Å². The molecule has 0 bridgehead atoms. The second-order valence-corrected chi connectivity index (χ2v) is 11.3. The van der Waals surface area contributed by atoms with Gasteiger partial charge in [-0.2, -0.15) is 0 Å². The zero-order valence-corrected chi connectivity index (χ0v) is 20.3. The van der Waals surface area contributed by atoms with E-state index in [0.717, 1.165) is 0 Å². The van der Waals surface area contributed by atoms with Crippen LogP contribution >= 0.6 is 23.8 Å². The Bertz CT molecular complexity index is 431. The molecule has 0 aliphatic carbocycles. The molecule has 0 spiro atoms. The molecule has 9 nitrogen and oxygen atoms in total. The summed E-state index contributed by atoms with van der Waals surface area (Å²) in [5.74, 6) is -1.87. The van der Waals surface area contributed by atoms with Crippen LogP contribution in [0.4, 0.5) is 0 Å². The predicted octanol–water partition coefficient (Wildman–Crippen LogP) is 5.90. The van der Waals surface area contributed by atoms with E-state index >= 15 is 0 Å². The fraction of sp³-hybridized carbons (Fsp3) is 1.00. The maximum atomic E-state index is 12.8. The van der Waals surface area contributed by atoms with E-state index in [4.69, 9.17) is 31.7 Å². The molecule has 0 rings (SSSR count). The van der Waals surface area contributed by atoms with E-state index in [1.165, 1.54) is 0 Å². The second-order valence-electron chi connectivity index (χ2n) is 5.54. The van der Waals surface area contributed by atoms with Crippen molar-refractivity contribution in [1.82, 2.24) is 0 Å². The van der Waals surface area contributed by atoms with E-state index in [2.05, 4.69) is 0 Å². The van der Waals surface area contributed by atoms with Gasteiger partial charge in [0.1, 0.15) is 0 Å². The van der Waals surface area contributed by atoms with Crippen LogP contribution in [-0.2, 0) is 40.8 Å². The Kier molecular flexibility index (Phi) is 14.1. The summed E-state index contributed by atoms with van der Waals surface area (Å²) in [6, 6.07) is 0. The van der Waals surface area contributed by atoms with Gasteiger partial charge >= 0.3 is 23.8 Å². The van der Waals surface area contributed by atoms with Crippen LogP contribution in [0.1, 0.15) is 55.4 Å². The van der Waals surface area contributed by atoms with Crippen molar-refractivity contribution in [2.75, 3.05) is 26.4 Å². The molecule has 2 unspecified atom stereocenters. The summed E-state index contributed by atoms with van der Waals surface area (Å²) in [4.78, 5) is 0. The number of hydrogen-bond acceptors (Lipinski definition) is 9. The quantitative estimate of drug-likeness (QED) is 0.265. The minimum atomic E-state index is -3.51. The summed E-state index contributed by atoms with van der Waals surface area (Å²) in [5, 5.41) is 0. The van der Waals surface area contributed by atoms with Crippen LogP contribution in [0.3, 0.4) is 0 Å². The Labute approximate surface area is 164 Å².